The number of hydrazine groups is 1. The van der Waals surface area contributed by atoms with Crippen molar-refractivity contribution in [1.82, 2.24) is 16.2 Å². The van der Waals surface area contributed by atoms with E-state index in [1.165, 1.54) is 24.5 Å². The number of hydrogen-bond acceptors (Lipinski definition) is 2. The van der Waals surface area contributed by atoms with Crippen LogP contribution in [-0.4, -0.2) is 17.6 Å². The molecule has 0 aliphatic carbocycles. The van der Waals surface area contributed by atoms with Gasteiger partial charge in [-0.3, -0.25) is 15.6 Å². The van der Waals surface area contributed by atoms with Crippen molar-refractivity contribution in [2.45, 2.75) is 33.1 Å². The van der Waals surface area contributed by atoms with Gasteiger partial charge in [-0.05, 0) is 37.2 Å². The lowest BCUT2D eigenvalue weighted by Gasteiger charge is -2.09. The molecule has 1 aromatic carbocycles. The summed E-state index contributed by atoms with van der Waals surface area (Å²) in [7, 11) is 0. The summed E-state index contributed by atoms with van der Waals surface area (Å²) in [5, 5.41) is 3.47. The number of carbonyl (C=O) groups is 1. The number of aryl methyl sites for hydroxylation is 1. The first-order valence-corrected chi connectivity index (χ1v) is 7.61. The average molecular weight is 305 g/mol. The largest absolute Gasteiger partial charge is 0.361 e. The third-order valence-corrected chi connectivity index (χ3v) is 3.12. The van der Waals surface area contributed by atoms with Crippen LogP contribution in [0.5, 0.6) is 0 Å². The Morgan fingerprint density at radius 3 is 2.57 bits per heavy atom. The molecular formula is C16H23N3OS. The Hall–Kier alpha value is -1.88. The van der Waals surface area contributed by atoms with Gasteiger partial charge in [0.15, 0.2) is 5.11 Å². The van der Waals surface area contributed by atoms with Gasteiger partial charge in [-0.15, -0.1) is 0 Å². The zero-order valence-electron chi connectivity index (χ0n) is 12.6. The van der Waals surface area contributed by atoms with Crippen LogP contribution in [0.4, 0.5) is 0 Å². The molecular weight excluding hydrogens is 282 g/mol. The number of amides is 1. The molecule has 1 aromatic rings. The Morgan fingerprint density at radius 1 is 1.19 bits per heavy atom. The molecule has 0 saturated carbocycles. The van der Waals surface area contributed by atoms with Crippen LogP contribution in [0.15, 0.2) is 30.3 Å². The van der Waals surface area contributed by atoms with Gasteiger partial charge in [0.2, 0.25) is 0 Å². The molecule has 0 bridgehead atoms. The van der Waals surface area contributed by atoms with Gasteiger partial charge in [-0.2, -0.15) is 0 Å². The van der Waals surface area contributed by atoms with Crippen molar-refractivity contribution in [3.8, 4) is 0 Å². The minimum atomic E-state index is -0.242. The molecule has 3 N–H and O–H groups in total. The Balaban J connectivity index is 2.24. The minimum Gasteiger partial charge on any atom is -0.361 e. The highest BCUT2D eigenvalue weighted by molar-refractivity contribution is 7.80. The first-order valence-electron chi connectivity index (χ1n) is 7.20. The molecule has 0 heterocycles. The SMILES string of the molecule is CCCCCNC(=S)NNC(=O)/C=C/c1ccc(C)cc1. The summed E-state index contributed by atoms with van der Waals surface area (Å²) < 4.78 is 0. The van der Waals surface area contributed by atoms with Crippen molar-refractivity contribution in [3.63, 3.8) is 0 Å². The average Bonchev–Trinajstić information content (AvgIpc) is 2.49. The fourth-order valence-electron chi connectivity index (χ4n) is 1.63. The summed E-state index contributed by atoms with van der Waals surface area (Å²) in [6, 6.07) is 7.94. The topological polar surface area (TPSA) is 53.2 Å². The molecule has 5 heteroatoms. The highest BCUT2D eigenvalue weighted by Crippen LogP contribution is 2.04. The van der Waals surface area contributed by atoms with E-state index in [1.807, 2.05) is 31.2 Å². The highest BCUT2D eigenvalue weighted by Gasteiger charge is 1.97. The second-order valence-electron chi connectivity index (χ2n) is 4.82. The van der Waals surface area contributed by atoms with Gasteiger partial charge in [0.25, 0.3) is 5.91 Å². The number of thiocarbonyl (C=S) groups is 1. The molecule has 4 nitrogen and oxygen atoms in total. The van der Waals surface area contributed by atoms with Gasteiger partial charge in [0.1, 0.15) is 0 Å². The van der Waals surface area contributed by atoms with Gasteiger partial charge in [0.05, 0.1) is 0 Å². The van der Waals surface area contributed by atoms with E-state index < -0.39 is 0 Å². The number of benzene rings is 1. The van der Waals surface area contributed by atoms with Crippen LogP contribution >= 0.6 is 12.2 Å². The first-order chi connectivity index (χ1) is 10.1. The van der Waals surface area contributed by atoms with Crippen LogP contribution in [0.2, 0.25) is 0 Å². The molecule has 0 aromatic heterocycles. The van der Waals surface area contributed by atoms with Crippen molar-refractivity contribution >= 4 is 29.3 Å². The predicted octanol–water partition coefficient (Wildman–Crippen LogP) is 2.69. The Kier molecular flexibility index (Phi) is 8.12. The van der Waals surface area contributed by atoms with Gasteiger partial charge in [-0.25, -0.2) is 0 Å². The molecule has 0 saturated heterocycles. The van der Waals surface area contributed by atoms with Crippen molar-refractivity contribution in [1.29, 1.82) is 0 Å². The number of hydrogen-bond donors (Lipinski definition) is 3. The van der Waals surface area contributed by atoms with E-state index in [1.54, 1.807) is 6.08 Å². The van der Waals surface area contributed by atoms with E-state index in [0.717, 1.165) is 18.5 Å². The normalized spacial score (nSPS) is 10.4. The van der Waals surface area contributed by atoms with Crippen molar-refractivity contribution < 1.29 is 4.79 Å². The van der Waals surface area contributed by atoms with Crippen LogP contribution < -0.4 is 16.2 Å². The van der Waals surface area contributed by atoms with Crippen LogP contribution in [-0.2, 0) is 4.79 Å². The lowest BCUT2D eigenvalue weighted by Crippen LogP contribution is -2.46. The first kappa shape index (κ1) is 17.2. The molecule has 0 atom stereocenters. The van der Waals surface area contributed by atoms with Crippen LogP contribution in [0.1, 0.15) is 37.3 Å². The maximum Gasteiger partial charge on any atom is 0.262 e. The highest BCUT2D eigenvalue weighted by atomic mass is 32.1. The van der Waals surface area contributed by atoms with E-state index in [-0.39, 0.29) is 5.91 Å². The fraction of sp³-hybridized carbons (Fsp3) is 0.375. The molecule has 0 aliphatic rings. The van der Waals surface area contributed by atoms with Crippen molar-refractivity contribution in [2.24, 2.45) is 0 Å². The summed E-state index contributed by atoms with van der Waals surface area (Å²) in [6.45, 7) is 4.99. The van der Waals surface area contributed by atoms with Gasteiger partial charge in [0, 0.05) is 12.6 Å². The molecule has 1 amide bonds. The monoisotopic (exact) mass is 305 g/mol. The van der Waals surface area contributed by atoms with E-state index in [4.69, 9.17) is 12.2 Å². The maximum absolute atomic E-state index is 11.6. The van der Waals surface area contributed by atoms with E-state index in [9.17, 15) is 4.79 Å². The van der Waals surface area contributed by atoms with Crippen molar-refractivity contribution in [3.05, 3.63) is 41.5 Å². The zero-order valence-corrected chi connectivity index (χ0v) is 13.4. The summed E-state index contributed by atoms with van der Waals surface area (Å²) >= 11 is 5.05. The van der Waals surface area contributed by atoms with E-state index in [0.29, 0.717) is 5.11 Å². The number of rotatable bonds is 6. The third kappa shape index (κ3) is 8.09. The second kappa shape index (κ2) is 9.94. The molecule has 0 spiro atoms. The van der Waals surface area contributed by atoms with Crippen LogP contribution in [0, 0.1) is 6.92 Å². The van der Waals surface area contributed by atoms with Crippen LogP contribution in [0.25, 0.3) is 6.08 Å². The maximum atomic E-state index is 11.6. The van der Waals surface area contributed by atoms with Crippen molar-refractivity contribution in [2.75, 3.05) is 6.54 Å². The predicted molar refractivity (Wildman–Crippen MR) is 91.6 cm³/mol. The number of nitrogens with one attached hydrogen (secondary N) is 3. The lowest BCUT2D eigenvalue weighted by atomic mass is 10.1. The Bertz CT molecular complexity index is 483. The fourth-order valence-corrected chi connectivity index (χ4v) is 1.78. The Labute approximate surface area is 132 Å². The summed E-state index contributed by atoms with van der Waals surface area (Å²) in [4.78, 5) is 11.6. The van der Waals surface area contributed by atoms with Gasteiger partial charge >= 0.3 is 0 Å². The molecule has 0 aliphatic heterocycles. The quantitative estimate of drug-likeness (QED) is 0.327. The smallest absolute Gasteiger partial charge is 0.262 e. The molecule has 21 heavy (non-hydrogen) atoms. The number of carbonyl (C=O) groups excluding carboxylic acids is 1. The molecule has 1 rings (SSSR count). The molecule has 0 unspecified atom stereocenters. The third-order valence-electron chi connectivity index (χ3n) is 2.87. The zero-order chi connectivity index (χ0) is 15.5. The Morgan fingerprint density at radius 2 is 1.90 bits per heavy atom. The minimum absolute atomic E-state index is 0.242. The summed E-state index contributed by atoms with van der Waals surface area (Å²) in [5.41, 5.74) is 7.37. The van der Waals surface area contributed by atoms with Crippen LogP contribution in [0.3, 0.4) is 0 Å². The summed E-state index contributed by atoms with van der Waals surface area (Å²) in [5.74, 6) is -0.242. The van der Waals surface area contributed by atoms with Gasteiger partial charge < -0.3 is 5.32 Å². The lowest BCUT2D eigenvalue weighted by molar-refractivity contribution is -0.116. The number of unbranched alkanes of at least 4 members (excludes halogenated alkanes) is 2. The second-order valence-corrected chi connectivity index (χ2v) is 5.23. The molecule has 114 valence electrons. The van der Waals surface area contributed by atoms with E-state index >= 15 is 0 Å². The van der Waals surface area contributed by atoms with E-state index in [2.05, 4.69) is 23.1 Å². The van der Waals surface area contributed by atoms with Gasteiger partial charge in [-0.1, -0.05) is 49.6 Å². The molecule has 0 radical (unpaired) electrons. The molecule has 0 fully saturated rings. The summed E-state index contributed by atoms with van der Waals surface area (Å²) in [6.07, 6.45) is 6.63. The standard InChI is InChI=1S/C16H23N3OS/c1-3-4-5-12-17-16(21)19-18-15(20)11-10-14-8-6-13(2)7-9-14/h6-11H,3-5,12H2,1-2H3,(H,18,20)(H2,17,19,21)/b11-10+.